The first-order valence-electron chi connectivity index (χ1n) is 10.6. The second-order valence-corrected chi connectivity index (χ2v) is 8.92. The molecule has 1 unspecified atom stereocenters. The molecule has 8 heteroatoms. The van der Waals surface area contributed by atoms with Crippen molar-refractivity contribution in [3.63, 3.8) is 0 Å². The molecule has 168 valence electrons. The summed E-state index contributed by atoms with van der Waals surface area (Å²) in [5.41, 5.74) is 2.31. The number of nitrogens with zero attached hydrogens (tertiary/aromatic N) is 2. The fraction of sp³-hybridized carbons (Fsp3) is 0.636. The average molecular weight is 420 g/mol. The van der Waals surface area contributed by atoms with Gasteiger partial charge in [0.2, 0.25) is 0 Å². The van der Waals surface area contributed by atoms with E-state index in [1.54, 1.807) is 4.90 Å². The summed E-state index contributed by atoms with van der Waals surface area (Å²) in [5.74, 6) is 0. The molecule has 4 amide bonds. The molecule has 0 aromatic heterocycles. The lowest BCUT2D eigenvalue weighted by Gasteiger charge is -2.31. The van der Waals surface area contributed by atoms with E-state index in [9.17, 15) is 9.59 Å². The monoisotopic (exact) mass is 419 g/mol. The molecular weight excluding hydrogens is 382 g/mol. The Kier molecular flexibility index (Phi) is 8.34. The topological polar surface area (TPSA) is 85.9 Å². The van der Waals surface area contributed by atoms with Crippen LogP contribution in [-0.2, 0) is 11.3 Å². The number of ether oxygens (including phenoxy) is 1. The Morgan fingerprint density at radius 3 is 2.53 bits per heavy atom. The van der Waals surface area contributed by atoms with Crippen molar-refractivity contribution in [1.82, 2.24) is 15.5 Å². The van der Waals surface area contributed by atoms with Crippen LogP contribution in [-0.4, -0.2) is 62.4 Å². The van der Waals surface area contributed by atoms with Crippen molar-refractivity contribution in [1.29, 1.82) is 0 Å². The summed E-state index contributed by atoms with van der Waals surface area (Å²) < 4.78 is 5.79. The van der Waals surface area contributed by atoms with Gasteiger partial charge in [0.05, 0.1) is 6.10 Å². The van der Waals surface area contributed by atoms with E-state index in [0.29, 0.717) is 25.3 Å². The van der Waals surface area contributed by atoms with Gasteiger partial charge in [-0.15, -0.1) is 0 Å². The van der Waals surface area contributed by atoms with Crippen LogP contribution in [0.25, 0.3) is 0 Å². The third-order valence-electron chi connectivity index (χ3n) is 4.73. The summed E-state index contributed by atoms with van der Waals surface area (Å²) in [7, 11) is 3.94. The molecule has 1 saturated heterocycles. The highest BCUT2D eigenvalue weighted by Crippen LogP contribution is 2.25. The van der Waals surface area contributed by atoms with Gasteiger partial charge in [0.15, 0.2) is 0 Å². The minimum atomic E-state index is -0.335. The SMILES string of the molecule is CCNC(=O)Nc1ccc(N(C)C)c(CN(CC2CCCO2)C(=O)NC(C)(C)C)c1. The number of amides is 4. The van der Waals surface area contributed by atoms with Gasteiger partial charge in [-0.25, -0.2) is 9.59 Å². The molecule has 0 aliphatic carbocycles. The summed E-state index contributed by atoms with van der Waals surface area (Å²) >= 11 is 0. The first kappa shape index (κ1) is 23.8. The fourth-order valence-corrected chi connectivity index (χ4v) is 3.42. The van der Waals surface area contributed by atoms with E-state index >= 15 is 0 Å². The first-order chi connectivity index (χ1) is 14.1. The minimum Gasteiger partial charge on any atom is -0.377 e. The smallest absolute Gasteiger partial charge is 0.319 e. The van der Waals surface area contributed by atoms with Gasteiger partial charge in [0.1, 0.15) is 0 Å². The van der Waals surface area contributed by atoms with Gasteiger partial charge < -0.3 is 30.5 Å². The van der Waals surface area contributed by atoms with E-state index in [1.165, 1.54) is 0 Å². The van der Waals surface area contributed by atoms with Gasteiger partial charge in [-0.2, -0.15) is 0 Å². The second kappa shape index (κ2) is 10.5. The molecule has 1 aliphatic rings. The third-order valence-corrected chi connectivity index (χ3v) is 4.73. The van der Waals surface area contributed by atoms with E-state index in [0.717, 1.165) is 30.7 Å². The van der Waals surface area contributed by atoms with E-state index in [2.05, 4.69) is 16.0 Å². The zero-order valence-corrected chi connectivity index (χ0v) is 19.2. The maximum absolute atomic E-state index is 13.0. The maximum atomic E-state index is 13.0. The van der Waals surface area contributed by atoms with Crippen LogP contribution >= 0.6 is 0 Å². The van der Waals surface area contributed by atoms with Crippen molar-refractivity contribution >= 4 is 23.4 Å². The Labute approximate surface area is 180 Å². The zero-order chi connectivity index (χ0) is 22.3. The van der Waals surface area contributed by atoms with Gasteiger partial charge in [-0.1, -0.05) is 0 Å². The summed E-state index contributed by atoms with van der Waals surface area (Å²) in [5, 5.41) is 8.65. The van der Waals surface area contributed by atoms with Crippen molar-refractivity contribution in [3.8, 4) is 0 Å². The highest BCUT2D eigenvalue weighted by molar-refractivity contribution is 5.89. The molecule has 3 N–H and O–H groups in total. The molecule has 1 aromatic carbocycles. The molecule has 1 fully saturated rings. The highest BCUT2D eigenvalue weighted by atomic mass is 16.5. The summed E-state index contributed by atoms with van der Waals surface area (Å²) in [4.78, 5) is 28.8. The lowest BCUT2D eigenvalue weighted by molar-refractivity contribution is 0.0782. The minimum absolute atomic E-state index is 0.0511. The maximum Gasteiger partial charge on any atom is 0.319 e. The molecular formula is C22H37N5O3. The highest BCUT2D eigenvalue weighted by Gasteiger charge is 2.26. The number of carbonyl (C=O) groups excluding carboxylic acids is 2. The molecule has 0 radical (unpaired) electrons. The predicted molar refractivity (Wildman–Crippen MR) is 121 cm³/mol. The van der Waals surface area contributed by atoms with Crippen LogP contribution in [0.4, 0.5) is 21.0 Å². The zero-order valence-electron chi connectivity index (χ0n) is 19.2. The van der Waals surface area contributed by atoms with Gasteiger partial charge in [-0.05, 0) is 64.3 Å². The van der Waals surface area contributed by atoms with Crippen molar-refractivity contribution in [3.05, 3.63) is 23.8 Å². The van der Waals surface area contributed by atoms with Crippen LogP contribution in [0.1, 0.15) is 46.1 Å². The van der Waals surface area contributed by atoms with Gasteiger partial charge in [0.25, 0.3) is 0 Å². The van der Waals surface area contributed by atoms with E-state index in [4.69, 9.17) is 4.74 Å². The van der Waals surface area contributed by atoms with Gasteiger partial charge in [0, 0.05) is 57.3 Å². The van der Waals surface area contributed by atoms with Crippen LogP contribution in [0.2, 0.25) is 0 Å². The number of anilines is 2. The Bertz CT molecular complexity index is 724. The van der Waals surface area contributed by atoms with E-state index in [1.807, 2.05) is 64.9 Å². The molecule has 8 nitrogen and oxygen atoms in total. The molecule has 2 rings (SSSR count). The third kappa shape index (κ3) is 7.40. The molecule has 1 heterocycles. The average Bonchev–Trinajstić information content (AvgIpc) is 3.13. The van der Waals surface area contributed by atoms with Crippen LogP contribution in [0.3, 0.4) is 0 Å². The summed E-state index contributed by atoms with van der Waals surface area (Å²) in [6, 6.07) is 5.39. The number of urea groups is 2. The van der Waals surface area contributed by atoms with Gasteiger partial charge >= 0.3 is 12.1 Å². The number of rotatable bonds is 7. The van der Waals surface area contributed by atoms with E-state index in [-0.39, 0.29) is 23.7 Å². The van der Waals surface area contributed by atoms with Crippen LogP contribution in [0.5, 0.6) is 0 Å². The number of hydrogen-bond donors (Lipinski definition) is 3. The largest absolute Gasteiger partial charge is 0.377 e. The van der Waals surface area contributed by atoms with Crippen molar-refractivity contribution in [2.45, 2.75) is 58.7 Å². The Balaban J connectivity index is 2.27. The lowest BCUT2D eigenvalue weighted by Crippen LogP contribution is -2.50. The van der Waals surface area contributed by atoms with Gasteiger partial charge in [-0.3, -0.25) is 0 Å². The lowest BCUT2D eigenvalue weighted by atomic mass is 10.1. The Hall–Kier alpha value is -2.48. The Morgan fingerprint density at radius 1 is 1.23 bits per heavy atom. The summed E-state index contributed by atoms with van der Waals surface area (Å²) in [6.07, 6.45) is 2.03. The molecule has 1 aliphatic heterocycles. The number of nitrogens with one attached hydrogen (secondary N) is 3. The fourth-order valence-electron chi connectivity index (χ4n) is 3.42. The molecule has 0 bridgehead atoms. The number of hydrogen-bond acceptors (Lipinski definition) is 4. The van der Waals surface area contributed by atoms with Crippen LogP contribution in [0.15, 0.2) is 18.2 Å². The van der Waals surface area contributed by atoms with Crippen LogP contribution < -0.4 is 20.9 Å². The first-order valence-corrected chi connectivity index (χ1v) is 10.6. The summed E-state index contributed by atoms with van der Waals surface area (Å²) in [6.45, 7) is 10.0. The predicted octanol–water partition coefficient (Wildman–Crippen LogP) is 3.38. The molecule has 1 aromatic rings. The molecule has 1 atom stereocenters. The number of carbonyl (C=O) groups is 2. The molecule has 30 heavy (non-hydrogen) atoms. The molecule has 0 spiro atoms. The normalized spacial score (nSPS) is 16.1. The molecule has 0 saturated carbocycles. The van der Waals surface area contributed by atoms with Crippen molar-refractivity contribution < 1.29 is 14.3 Å². The Morgan fingerprint density at radius 2 is 1.97 bits per heavy atom. The standard InChI is InChI=1S/C22H37N5O3/c1-7-23-20(28)24-17-10-11-19(26(5)6)16(13-17)14-27(15-18-9-8-12-30-18)21(29)25-22(2,3)4/h10-11,13,18H,7-9,12,14-15H2,1-6H3,(H,25,29)(H2,23,24,28). The van der Waals surface area contributed by atoms with Crippen molar-refractivity contribution in [2.75, 3.05) is 44.0 Å². The van der Waals surface area contributed by atoms with Crippen LogP contribution in [0, 0.1) is 0 Å². The quantitative estimate of drug-likeness (QED) is 0.632. The van der Waals surface area contributed by atoms with Crippen molar-refractivity contribution in [2.24, 2.45) is 0 Å². The second-order valence-electron chi connectivity index (χ2n) is 8.92. The number of benzene rings is 1. The van der Waals surface area contributed by atoms with E-state index < -0.39 is 0 Å².